The second-order valence-electron chi connectivity index (χ2n) is 12.6. The van der Waals surface area contributed by atoms with E-state index in [1.165, 1.54) is 50.3 Å². The van der Waals surface area contributed by atoms with E-state index in [9.17, 15) is 0 Å². The summed E-state index contributed by atoms with van der Waals surface area (Å²) in [5.41, 5.74) is 4.66. The van der Waals surface area contributed by atoms with E-state index < -0.39 is 0 Å². The second-order valence-corrected chi connectivity index (χ2v) is 12.6. The SMILES string of the molecule is C=C/C(CCCCCCN1CCN(c2ccccc2)CC1)=N\OC.CC.CC.CC.Cc1cc(CCCOCCN2CCN(c3ccccc3)CC2)no1. The molecule has 9 nitrogen and oxygen atoms in total. The van der Waals surface area contributed by atoms with Crippen LogP contribution in [0.25, 0.3) is 0 Å². The van der Waals surface area contributed by atoms with Crippen molar-refractivity contribution in [3.05, 3.63) is 90.8 Å². The molecule has 3 heterocycles. The van der Waals surface area contributed by atoms with Crippen molar-refractivity contribution in [2.45, 2.75) is 93.4 Å². The number of rotatable bonds is 18. The number of aromatic nitrogens is 1. The van der Waals surface area contributed by atoms with Crippen LogP contribution in [-0.2, 0) is 16.0 Å². The van der Waals surface area contributed by atoms with Crippen LogP contribution in [0.2, 0.25) is 0 Å². The van der Waals surface area contributed by atoms with E-state index in [1.807, 2.05) is 54.5 Å². The third kappa shape index (κ3) is 20.7. The molecule has 0 atom stereocenters. The summed E-state index contributed by atoms with van der Waals surface area (Å²) in [7, 11) is 1.58. The van der Waals surface area contributed by atoms with Gasteiger partial charge in [0.1, 0.15) is 12.9 Å². The number of piperazine rings is 2. The normalized spacial score (nSPS) is 14.6. The fraction of sp³-hybridized carbons (Fsp3) is 0.600. The Morgan fingerprint density at radius 1 is 0.704 bits per heavy atom. The molecule has 0 amide bonds. The van der Waals surface area contributed by atoms with Gasteiger partial charge in [0.25, 0.3) is 0 Å². The average molecular weight is 749 g/mol. The van der Waals surface area contributed by atoms with Crippen molar-refractivity contribution < 1.29 is 14.1 Å². The van der Waals surface area contributed by atoms with Gasteiger partial charge in [0.2, 0.25) is 0 Å². The molecule has 5 rings (SSSR count). The summed E-state index contributed by atoms with van der Waals surface area (Å²) in [5, 5.41) is 7.95. The molecular weight excluding hydrogens is 673 g/mol. The number of benzene rings is 2. The summed E-state index contributed by atoms with van der Waals surface area (Å²) in [6.45, 7) is 30.6. The van der Waals surface area contributed by atoms with Gasteiger partial charge in [0.05, 0.1) is 18.0 Å². The number of hydrogen-bond acceptors (Lipinski definition) is 9. The number of oxime groups is 1. The highest BCUT2D eigenvalue weighted by Gasteiger charge is 2.17. The maximum atomic E-state index is 5.76. The minimum atomic E-state index is 0.788. The number of ether oxygens (including phenoxy) is 1. The molecule has 2 aliphatic heterocycles. The third-order valence-electron chi connectivity index (χ3n) is 9.04. The lowest BCUT2D eigenvalue weighted by molar-refractivity contribution is 0.0997. The van der Waals surface area contributed by atoms with Gasteiger partial charge >= 0.3 is 0 Å². The molecule has 0 spiro atoms. The lowest BCUT2D eigenvalue weighted by Gasteiger charge is -2.36. The molecule has 304 valence electrons. The molecule has 2 saturated heterocycles. The molecule has 0 bridgehead atoms. The molecule has 0 saturated carbocycles. The van der Waals surface area contributed by atoms with Gasteiger partial charge in [-0.3, -0.25) is 9.80 Å². The van der Waals surface area contributed by atoms with E-state index in [2.05, 4.69) is 97.2 Å². The van der Waals surface area contributed by atoms with Gasteiger partial charge in [0.15, 0.2) is 0 Å². The summed E-state index contributed by atoms with van der Waals surface area (Å²) >= 11 is 0. The Morgan fingerprint density at radius 3 is 1.70 bits per heavy atom. The standard InChI is InChI=1S/C20H31N3O.C19H27N3O2.3C2H6/c1-3-19(21-24-2)11-7-4-5-10-14-22-15-17-23(18-16-22)20-12-8-6-9-13-20;1-17-16-18(20-24-17)6-5-14-23-15-13-21-9-11-22(12-10-21)19-7-3-2-4-8-19;3*1-2/h3,6,8-9,12-13H,1,4-5,7,10-11,14-18H2,2H3;2-4,7-8,16H,5-6,9-15H2,1H3;3*1-2H3/b21-19+;;;;. The first-order chi connectivity index (χ1) is 26.6. The van der Waals surface area contributed by atoms with E-state index in [0.717, 1.165) is 102 Å². The fourth-order valence-electron chi connectivity index (χ4n) is 6.22. The Labute approximate surface area is 330 Å². The van der Waals surface area contributed by atoms with Crippen LogP contribution in [0.4, 0.5) is 11.4 Å². The minimum absolute atomic E-state index is 0.788. The highest BCUT2D eigenvalue weighted by molar-refractivity contribution is 5.93. The maximum Gasteiger partial charge on any atom is 0.133 e. The molecule has 2 fully saturated rings. The number of allylic oxidation sites excluding steroid dienone is 1. The molecule has 9 heteroatoms. The largest absolute Gasteiger partial charge is 0.399 e. The smallest absolute Gasteiger partial charge is 0.133 e. The first-order valence-corrected chi connectivity index (χ1v) is 20.9. The Kier molecular flexibility index (Phi) is 29.3. The second kappa shape index (κ2) is 32.7. The maximum absolute atomic E-state index is 5.76. The van der Waals surface area contributed by atoms with Crippen LogP contribution in [0, 0.1) is 6.92 Å². The average Bonchev–Trinajstić information content (AvgIpc) is 3.68. The van der Waals surface area contributed by atoms with Crippen molar-refractivity contribution in [1.29, 1.82) is 0 Å². The van der Waals surface area contributed by atoms with Crippen molar-refractivity contribution in [3.8, 4) is 0 Å². The van der Waals surface area contributed by atoms with Crippen molar-refractivity contribution in [1.82, 2.24) is 15.0 Å². The zero-order valence-electron chi connectivity index (χ0n) is 35.5. The summed E-state index contributed by atoms with van der Waals surface area (Å²) in [4.78, 5) is 14.8. The monoisotopic (exact) mass is 749 g/mol. The van der Waals surface area contributed by atoms with Crippen LogP contribution < -0.4 is 9.80 Å². The molecular formula is C45H76N6O3. The van der Waals surface area contributed by atoms with Crippen molar-refractivity contribution in [2.75, 3.05) is 95.6 Å². The number of unbranched alkanes of at least 4 members (excludes halogenated alkanes) is 3. The van der Waals surface area contributed by atoms with Gasteiger partial charge in [-0.05, 0) is 75.9 Å². The molecule has 0 N–H and O–H groups in total. The number of para-hydroxylation sites is 2. The highest BCUT2D eigenvalue weighted by Crippen LogP contribution is 2.17. The quantitative estimate of drug-likeness (QED) is 0.0724. The van der Waals surface area contributed by atoms with Gasteiger partial charge in [-0.2, -0.15) is 0 Å². The van der Waals surface area contributed by atoms with Gasteiger partial charge < -0.3 is 23.9 Å². The van der Waals surface area contributed by atoms with Crippen LogP contribution in [0.5, 0.6) is 0 Å². The van der Waals surface area contributed by atoms with Crippen molar-refractivity contribution in [2.24, 2.45) is 5.16 Å². The summed E-state index contributed by atoms with van der Waals surface area (Å²) in [6.07, 6.45) is 9.66. The van der Waals surface area contributed by atoms with E-state index in [-0.39, 0.29) is 0 Å². The van der Waals surface area contributed by atoms with Crippen molar-refractivity contribution >= 4 is 17.1 Å². The Morgan fingerprint density at radius 2 is 1.22 bits per heavy atom. The first kappa shape index (κ1) is 48.4. The molecule has 3 aromatic rings. The molecule has 2 aromatic carbocycles. The molecule has 54 heavy (non-hydrogen) atoms. The zero-order valence-corrected chi connectivity index (χ0v) is 35.5. The van der Waals surface area contributed by atoms with Gasteiger partial charge in [-0.1, -0.05) is 108 Å². The highest BCUT2D eigenvalue weighted by atomic mass is 16.6. The minimum Gasteiger partial charge on any atom is -0.399 e. The first-order valence-electron chi connectivity index (χ1n) is 20.9. The van der Waals surface area contributed by atoms with E-state index in [1.54, 1.807) is 13.2 Å². The lowest BCUT2D eigenvalue weighted by atomic mass is 10.1. The number of hydrogen-bond donors (Lipinski definition) is 0. The van der Waals surface area contributed by atoms with Crippen molar-refractivity contribution in [3.63, 3.8) is 0 Å². The Balaban J connectivity index is 0.000000475. The Bertz CT molecular complexity index is 1290. The predicted octanol–water partition coefficient (Wildman–Crippen LogP) is 9.78. The number of anilines is 2. The molecule has 0 aliphatic carbocycles. The lowest BCUT2D eigenvalue weighted by Crippen LogP contribution is -2.47. The Hall–Kier alpha value is -3.66. The van der Waals surface area contributed by atoms with E-state index in [0.29, 0.717) is 0 Å². The predicted molar refractivity (Wildman–Crippen MR) is 232 cm³/mol. The van der Waals surface area contributed by atoms with E-state index >= 15 is 0 Å². The molecule has 0 unspecified atom stereocenters. The number of aryl methyl sites for hydroxylation is 2. The zero-order chi connectivity index (χ0) is 39.7. The van der Waals surface area contributed by atoms with Gasteiger partial charge in [-0.15, -0.1) is 0 Å². The topological polar surface area (TPSA) is 69.8 Å². The van der Waals surface area contributed by atoms with Gasteiger partial charge in [-0.25, -0.2) is 0 Å². The van der Waals surface area contributed by atoms with Gasteiger partial charge in [0, 0.05) is 83.0 Å². The van der Waals surface area contributed by atoms with Crippen LogP contribution in [0.1, 0.15) is 91.5 Å². The van der Waals surface area contributed by atoms with Crippen LogP contribution >= 0.6 is 0 Å². The number of nitrogens with zero attached hydrogens (tertiary/aromatic N) is 6. The van der Waals surface area contributed by atoms with Crippen LogP contribution in [0.3, 0.4) is 0 Å². The molecule has 2 aliphatic rings. The summed E-state index contributed by atoms with van der Waals surface area (Å²) < 4.78 is 10.8. The fourth-order valence-corrected chi connectivity index (χ4v) is 6.22. The summed E-state index contributed by atoms with van der Waals surface area (Å²) in [6, 6.07) is 23.4. The third-order valence-corrected chi connectivity index (χ3v) is 9.04. The summed E-state index contributed by atoms with van der Waals surface area (Å²) in [5.74, 6) is 0.876. The van der Waals surface area contributed by atoms with Crippen LogP contribution in [0.15, 0.2) is 89.1 Å². The van der Waals surface area contributed by atoms with E-state index in [4.69, 9.17) is 14.1 Å². The van der Waals surface area contributed by atoms with Crippen LogP contribution in [-0.4, -0.2) is 106 Å². The molecule has 0 radical (unpaired) electrons. The molecule has 1 aromatic heterocycles.